The smallest absolute Gasteiger partial charge is 0.320 e. The van der Waals surface area contributed by atoms with Crippen molar-refractivity contribution < 1.29 is 9.90 Å². The average molecular weight is 248 g/mol. The van der Waals surface area contributed by atoms with Gasteiger partial charge in [-0.05, 0) is 15.9 Å². The van der Waals surface area contributed by atoms with Crippen LogP contribution in [0.1, 0.15) is 5.56 Å². The number of nitrogens with zero attached hydrogens (tertiary/aromatic N) is 2. The molecule has 0 aliphatic heterocycles. The van der Waals surface area contributed by atoms with Crippen LogP contribution < -0.4 is 5.73 Å². The molecule has 1 atom stereocenters. The van der Waals surface area contributed by atoms with Gasteiger partial charge < -0.3 is 10.8 Å². The highest BCUT2D eigenvalue weighted by Crippen LogP contribution is 2.14. The van der Waals surface area contributed by atoms with Gasteiger partial charge in [0.05, 0.1) is 0 Å². The summed E-state index contributed by atoms with van der Waals surface area (Å²) >= 11 is 3.21. The first-order chi connectivity index (χ1) is 6.00. The maximum atomic E-state index is 10.5. The summed E-state index contributed by atoms with van der Waals surface area (Å²) in [5, 5.41) is 12.6. The topological polar surface area (TPSA) is 81.1 Å². The van der Waals surface area contributed by atoms with Crippen LogP contribution in [-0.4, -0.2) is 26.9 Å². The van der Waals surface area contributed by atoms with Gasteiger partial charge in [0.1, 0.15) is 10.6 Å². The third kappa shape index (κ3) is 2.53. The van der Waals surface area contributed by atoms with Crippen LogP contribution in [0.2, 0.25) is 0 Å². The van der Waals surface area contributed by atoms with E-state index in [2.05, 4.69) is 21.0 Å². The first-order valence-corrected chi connectivity index (χ1v) is 4.46. The Bertz CT molecular complexity index is 324. The van der Waals surface area contributed by atoms with E-state index in [0.29, 0.717) is 4.60 Å². The predicted octanol–water partition coefficient (Wildman–Crippen LogP) is 0.137. The Labute approximate surface area is 83.7 Å². The van der Waals surface area contributed by atoms with E-state index in [1.807, 2.05) is 0 Å². The second-order valence-electron chi connectivity index (χ2n) is 2.77. The zero-order chi connectivity index (χ0) is 10.0. The highest BCUT2D eigenvalue weighted by atomic mass is 79.9. The highest BCUT2D eigenvalue weighted by Gasteiger charge is 2.15. The molecule has 0 aromatic carbocycles. The fourth-order valence-electron chi connectivity index (χ4n) is 0.972. The summed E-state index contributed by atoms with van der Waals surface area (Å²) in [5.41, 5.74) is 6.17. The molecule has 0 saturated carbocycles. The molecule has 0 radical (unpaired) electrons. The van der Waals surface area contributed by atoms with Crippen LogP contribution in [0.25, 0.3) is 0 Å². The zero-order valence-electron chi connectivity index (χ0n) is 7.07. The normalized spacial score (nSPS) is 12.8. The largest absolute Gasteiger partial charge is 0.480 e. The molecule has 0 unspecified atom stereocenters. The summed E-state index contributed by atoms with van der Waals surface area (Å²) in [6.07, 6.45) is 2.02. The molecule has 0 aliphatic carbocycles. The number of hydrogen-bond donors (Lipinski definition) is 2. The third-order valence-electron chi connectivity index (χ3n) is 1.61. The van der Waals surface area contributed by atoms with Crippen molar-refractivity contribution in [3.63, 3.8) is 0 Å². The van der Waals surface area contributed by atoms with Crippen LogP contribution in [-0.2, 0) is 18.3 Å². The van der Waals surface area contributed by atoms with Crippen molar-refractivity contribution in [2.45, 2.75) is 12.5 Å². The molecule has 3 N–H and O–H groups in total. The number of aliphatic carboxylic acids is 1. The Morgan fingerprint density at radius 2 is 2.54 bits per heavy atom. The monoisotopic (exact) mass is 247 g/mol. The molecule has 72 valence electrons. The van der Waals surface area contributed by atoms with E-state index in [1.54, 1.807) is 17.9 Å². The molecular formula is C7H10BrN3O2. The zero-order valence-corrected chi connectivity index (χ0v) is 8.65. The van der Waals surface area contributed by atoms with Crippen LogP contribution in [0.4, 0.5) is 0 Å². The molecule has 1 heterocycles. The number of hydrogen-bond acceptors (Lipinski definition) is 3. The van der Waals surface area contributed by atoms with Crippen LogP contribution in [0.5, 0.6) is 0 Å². The van der Waals surface area contributed by atoms with E-state index in [1.165, 1.54) is 0 Å². The second-order valence-corrected chi connectivity index (χ2v) is 3.52. The van der Waals surface area contributed by atoms with Crippen LogP contribution in [0, 0.1) is 0 Å². The second kappa shape index (κ2) is 3.89. The lowest BCUT2D eigenvalue weighted by Crippen LogP contribution is -2.32. The van der Waals surface area contributed by atoms with Crippen molar-refractivity contribution in [3.05, 3.63) is 16.4 Å². The molecule has 0 aliphatic rings. The van der Waals surface area contributed by atoms with Crippen molar-refractivity contribution in [2.24, 2.45) is 12.8 Å². The number of aryl methyl sites for hydroxylation is 1. The van der Waals surface area contributed by atoms with Crippen LogP contribution in [0.15, 0.2) is 10.8 Å². The predicted molar refractivity (Wildman–Crippen MR) is 50.2 cm³/mol. The summed E-state index contributed by atoms with van der Waals surface area (Å²) in [4.78, 5) is 10.5. The van der Waals surface area contributed by atoms with E-state index in [-0.39, 0.29) is 6.42 Å². The minimum Gasteiger partial charge on any atom is -0.480 e. The minimum atomic E-state index is -1.00. The number of aromatic nitrogens is 2. The Balaban J connectivity index is 2.74. The first kappa shape index (κ1) is 10.2. The molecule has 0 spiro atoms. The molecule has 1 aromatic heterocycles. The number of rotatable bonds is 3. The number of nitrogens with two attached hydrogens (primary N) is 1. The molecule has 0 amide bonds. The average Bonchev–Trinajstić information content (AvgIpc) is 2.30. The SMILES string of the molecule is Cn1cc(C[C@H](N)C(=O)O)c(Br)n1. The molecule has 1 aromatic rings. The molecule has 0 fully saturated rings. The van der Waals surface area contributed by atoms with Crippen molar-refractivity contribution in [3.8, 4) is 0 Å². The van der Waals surface area contributed by atoms with Gasteiger partial charge in [0.2, 0.25) is 0 Å². The Morgan fingerprint density at radius 3 is 2.92 bits per heavy atom. The first-order valence-electron chi connectivity index (χ1n) is 3.67. The molecule has 6 heteroatoms. The van der Waals surface area contributed by atoms with Gasteiger partial charge in [-0.3, -0.25) is 9.48 Å². The summed E-state index contributed by atoms with van der Waals surface area (Å²) in [5.74, 6) is -1.00. The standard InChI is InChI=1S/C7H10BrN3O2/c1-11-3-4(6(8)10-11)2-5(9)7(12)13/h3,5H,2,9H2,1H3,(H,12,13)/t5-/m0/s1. The van der Waals surface area contributed by atoms with Gasteiger partial charge in [0.15, 0.2) is 0 Å². The minimum absolute atomic E-state index is 0.282. The van der Waals surface area contributed by atoms with Gasteiger partial charge in [-0.15, -0.1) is 0 Å². The van der Waals surface area contributed by atoms with Gasteiger partial charge in [-0.25, -0.2) is 0 Å². The maximum Gasteiger partial charge on any atom is 0.320 e. The summed E-state index contributed by atoms with van der Waals surface area (Å²) in [6, 6.07) is -0.875. The third-order valence-corrected chi connectivity index (χ3v) is 2.28. The lowest BCUT2D eigenvalue weighted by Gasteiger charge is -2.03. The molecule has 0 bridgehead atoms. The number of carboxylic acids is 1. The van der Waals surface area contributed by atoms with Crippen LogP contribution >= 0.6 is 15.9 Å². The van der Waals surface area contributed by atoms with Crippen molar-refractivity contribution >= 4 is 21.9 Å². The Morgan fingerprint density at radius 1 is 1.92 bits per heavy atom. The summed E-state index contributed by atoms with van der Waals surface area (Å²) in [6.45, 7) is 0. The summed E-state index contributed by atoms with van der Waals surface area (Å²) < 4.78 is 2.25. The lowest BCUT2D eigenvalue weighted by atomic mass is 10.1. The van der Waals surface area contributed by atoms with Crippen molar-refractivity contribution in [2.75, 3.05) is 0 Å². The van der Waals surface area contributed by atoms with Gasteiger partial charge in [0.25, 0.3) is 0 Å². The molecule has 5 nitrogen and oxygen atoms in total. The fourth-order valence-corrected chi connectivity index (χ4v) is 1.49. The van der Waals surface area contributed by atoms with E-state index >= 15 is 0 Å². The number of carboxylic acid groups (broad SMARTS) is 1. The van der Waals surface area contributed by atoms with Gasteiger partial charge in [0, 0.05) is 25.2 Å². The van der Waals surface area contributed by atoms with Gasteiger partial charge in [-0.1, -0.05) is 0 Å². The fraction of sp³-hybridized carbons (Fsp3) is 0.429. The molecular weight excluding hydrogens is 238 g/mol. The van der Waals surface area contributed by atoms with Crippen molar-refractivity contribution in [1.29, 1.82) is 0 Å². The van der Waals surface area contributed by atoms with E-state index < -0.39 is 12.0 Å². The molecule has 13 heavy (non-hydrogen) atoms. The molecule has 1 rings (SSSR count). The molecule has 0 saturated heterocycles. The van der Waals surface area contributed by atoms with Gasteiger partial charge in [-0.2, -0.15) is 5.10 Å². The van der Waals surface area contributed by atoms with E-state index in [0.717, 1.165) is 5.56 Å². The van der Waals surface area contributed by atoms with Gasteiger partial charge >= 0.3 is 5.97 Å². The number of carbonyl (C=O) groups is 1. The lowest BCUT2D eigenvalue weighted by molar-refractivity contribution is -0.138. The Hall–Kier alpha value is -0.880. The highest BCUT2D eigenvalue weighted by molar-refractivity contribution is 9.10. The Kier molecular flexibility index (Phi) is 3.05. The van der Waals surface area contributed by atoms with Crippen molar-refractivity contribution in [1.82, 2.24) is 9.78 Å². The quantitative estimate of drug-likeness (QED) is 0.797. The number of halogens is 1. The summed E-state index contributed by atoms with van der Waals surface area (Å²) in [7, 11) is 1.76. The van der Waals surface area contributed by atoms with E-state index in [4.69, 9.17) is 10.8 Å². The van der Waals surface area contributed by atoms with Crippen LogP contribution in [0.3, 0.4) is 0 Å². The van der Waals surface area contributed by atoms with E-state index in [9.17, 15) is 4.79 Å². The maximum absolute atomic E-state index is 10.5.